The minimum absolute atomic E-state index is 0.0404. The lowest BCUT2D eigenvalue weighted by molar-refractivity contribution is -0.126. The first-order valence-corrected chi connectivity index (χ1v) is 10.6. The normalized spacial score (nSPS) is 24.1. The summed E-state index contributed by atoms with van der Waals surface area (Å²) in [5.41, 5.74) is 1.03. The summed E-state index contributed by atoms with van der Waals surface area (Å²) >= 11 is 0. The highest BCUT2D eigenvalue weighted by molar-refractivity contribution is 5.80. The van der Waals surface area contributed by atoms with Crippen LogP contribution in [0.25, 0.3) is 0 Å². The van der Waals surface area contributed by atoms with Gasteiger partial charge >= 0.3 is 0 Å². The molecule has 0 radical (unpaired) electrons. The van der Waals surface area contributed by atoms with Crippen molar-refractivity contribution in [2.45, 2.75) is 83.7 Å². The van der Waals surface area contributed by atoms with E-state index >= 15 is 0 Å². The average Bonchev–Trinajstić information content (AvgIpc) is 2.68. The third-order valence-corrected chi connectivity index (χ3v) is 6.05. The molecule has 0 aromatic carbocycles. The fourth-order valence-corrected chi connectivity index (χ4v) is 4.21. The molecule has 0 unspecified atom stereocenters. The number of nitrogens with one attached hydrogen (secondary N) is 2. The highest BCUT2D eigenvalue weighted by atomic mass is 16.2. The lowest BCUT2D eigenvalue weighted by Crippen LogP contribution is -2.49. The molecule has 2 N–H and O–H groups in total. The summed E-state index contributed by atoms with van der Waals surface area (Å²) in [5.74, 6) is 2.19. The standard InChI is InChI=1S/C21H35N5O/c1-14(2)18-12-19(25-21(22-4)24-18)26-13-16(11-10-15(26)3)20(27)23-17-8-6-5-7-9-17/h12,14-17H,5-11,13H2,1-4H3,(H,23,27)(H,22,24,25)/t15-,16+/m1/s1. The Bertz CT molecular complexity index is 641. The molecule has 6 nitrogen and oxygen atoms in total. The summed E-state index contributed by atoms with van der Waals surface area (Å²) in [5, 5.41) is 6.39. The van der Waals surface area contributed by atoms with E-state index in [9.17, 15) is 4.79 Å². The van der Waals surface area contributed by atoms with E-state index in [1.54, 1.807) is 0 Å². The van der Waals surface area contributed by atoms with Gasteiger partial charge in [-0.1, -0.05) is 33.1 Å². The second-order valence-corrected chi connectivity index (χ2v) is 8.50. The minimum Gasteiger partial charge on any atom is -0.357 e. The van der Waals surface area contributed by atoms with Crippen LogP contribution in [0.15, 0.2) is 6.07 Å². The molecule has 1 amide bonds. The number of amides is 1. The second-order valence-electron chi connectivity index (χ2n) is 8.50. The van der Waals surface area contributed by atoms with Crippen LogP contribution < -0.4 is 15.5 Å². The Balaban J connectivity index is 1.73. The van der Waals surface area contributed by atoms with E-state index in [0.29, 0.717) is 23.9 Å². The van der Waals surface area contributed by atoms with Gasteiger partial charge in [0, 0.05) is 31.7 Å². The minimum atomic E-state index is 0.0404. The van der Waals surface area contributed by atoms with Crippen LogP contribution in [0.2, 0.25) is 0 Å². The fourth-order valence-electron chi connectivity index (χ4n) is 4.21. The Kier molecular flexibility index (Phi) is 6.55. The maximum Gasteiger partial charge on any atom is 0.225 e. The molecule has 2 fully saturated rings. The Labute approximate surface area is 163 Å². The van der Waals surface area contributed by atoms with Crippen LogP contribution in [-0.4, -0.2) is 41.6 Å². The fraction of sp³-hybridized carbons (Fsp3) is 0.762. The summed E-state index contributed by atoms with van der Waals surface area (Å²) < 4.78 is 0. The van der Waals surface area contributed by atoms with Crippen molar-refractivity contribution in [3.05, 3.63) is 11.8 Å². The first kappa shape index (κ1) is 19.9. The Morgan fingerprint density at radius 3 is 2.56 bits per heavy atom. The van der Waals surface area contributed by atoms with Crippen molar-refractivity contribution in [2.24, 2.45) is 5.92 Å². The van der Waals surface area contributed by atoms with Crippen LogP contribution in [0.5, 0.6) is 0 Å². The van der Waals surface area contributed by atoms with Gasteiger partial charge in [-0.3, -0.25) is 4.79 Å². The topological polar surface area (TPSA) is 70.2 Å². The molecule has 1 saturated heterocycles. The Morgan fingerprint density at radius 2 is 1.89 bits per heavy atom. The number of piperidine rings is 1. The lowest BCUT2D eigenvalue weighted by atomic mass is 9.90. The van der Waals surface area contributed by atoms with Gasteiger partial charge in [0.2, 0.25) is 11.9 Å². The molecule has 1 aliphatic heterocycles. The molecule has 2 aliphatic rings. The van der Waals surface area contributed by atoms with Gasteiger partial charge in [0.05, 0.1) is 11.6 Å². The highest BCUT2D eigenvalue weighted by Crippen LogP contribution is 2.29. The number of rotatable bonds is 5. The van der Waals surface area contributed by atoms with Crippen molar-refractivity contribution < 1.29 is 4.79 Å². The molecule has 27 heavy (non-hydrogen) atoms. The van der Waals surface area contributed by atoms with Crippen LogP contribution in [0.1, 0.15) is 77.3 Å². The zero-order valence-electron chi connectivity index (χ0n) is 17.3. The number of hydrogen-bond donors (Lipinski definition) is 2. The zero-order valence-corrected chi connectivity index (χ0v) is 17.3. The van der Waals surface area contributed by atoms with Crippen LogP contribution in [0.3, 0.4) is 0 Å². The van der Waals surface area contributed by atoms with Gasteiger partial charge in [-0.15, -0.1) is 0 Å². The largest absolute Gasteiger partial charge is 0.357 e. The first-order valence-electron chi connectivity index (χ1n) is 10.6. The van der Waals surface area contributed by atoms with Gasteiger partial charge in [0.15, 0.2) is 0 Å². The predicted molar refractivity (Wildman–Crippen MR) is 110 cm³/mol. The average molecular weight is 374 g/mol. The van der Waals surface area contributed by atoms with E-state index in [1.165, 1.54) is 19.3 Å². The highest BCUT2D eigenvalue weighted by Gasteiger charge is 2.32. The number of nitrogens with zero attached hydrogens (tertiary/aromatic N) is 3. The quantitative estimate of drug-likeness (QED) is 0.824. The molecule has 0 spiro atoms. The van der Waals surface area contributed by atoms with Crippen molar-refractivity contribution in [3.63, 3.8) is 0 Å². The molecule has 1 saturated carbocycles. The number of anilines is 2. The van der Waals surface area contributed by atoms with Gasteiger partial charge in [-0.05, 0) is 38.5 Å². The number of aromatic nitrogens is 2. The molecule has 1 aromatic heterocycles. The first-order chi connectivity index (χ1) is 13.0. The van der Waals surface area contributed by atoms with Crippen molar-refractivity contribution in [1.82, 2.24) is 15.3 Å². The van der Waals surface area contributed by atoms with E-state index in [0.717, 1.165) is 43.7 Å². The SMILES string of the molecule is CNc1nc(C(C)C)cc(N2C[C@@H](C(=O)NC3CCCCC3)CC[C@H]2C)n1. The third kappa shape index (κ3) is 4.90. The van der Waals surface area contributed by atoms with Gasteiger partial charge < -0.3 is 15.5 Å². The van der Waals surface area contributed by atoms with E-state index in [1.807, 2.05) is 7.05 Å². The maximum absolute atomic E-state index is 12.9. The molecule has 1 aromatic rings. The van der Waals surface area contributed by atoms with E-state index in [-0.39, 0.29) is 11.8 Å². The van der Waals surface area contributed by atoms with Gasteiger partial charge in [-0.2, -0.15) is 4.98 Å². The molecule has 1 aliphatic carbocycles. The van der Waals surface area contributed by atoms with E-state index in [4.69, 9.17) is 0 Å². The van der Waals surface area contributed by atoms with Crippen LogP contribution in [0.4, 0.5) is 11.8 Å². The van der Waals surface area contributed by atoms with Crippen molar-refractivity contribution >= 4 is 17.7 Å². The summed E-state index contributed by atoms with van der Waals surface area (Å²) in [6.45, 7) is 7.25. The molecule has 2 atom stereocenters. The van der Waals surface area contributed by atoms with Crippen LogP contribution in [0, 0.1) is 5.92 Å². The van der Waals surface area contributed by atoms with Crippen LogP contribution in [-0.2, 0) is 4.79 Å². The zero-order chi connectivity index (χ0) is 19.4. The molecular weight excluding hydrogens is 338 g/mol. The molecule has 6 heteroatoms. The van der Waals surface area contributed by atoms with E-state index in [2.05, 4.69) is 52.3 Å². The number of hydrogen-bond acceptors (Lipinski definition) is 5. The summed E-state index contributed by atoms with van der Waals surface area (Å²) in [7, 11) is 1.85. The van der Waals surface area contributed by atoms with Crippen molar-refractivity contribution in [3.8, 4) is 0 Å². The number of carbonyl (C=O) groups excluding carboxylic acids is 1. The van der Waals surface area contributed by atoms with E-state index < -0.39 is 0 Å². The second kappa shape index (κ2) is 8.89. The predicted octanol–water partition coefficient (Wildman–Crippen LogP) is 3.70. The molecule has 2 heterocycles. The third-order valence-electron chi connectivity index (χ3n) is 6.05. The van der Waals surface area contributed by atoms with Crippen molar-refractivity contribution in [2.75, 3.05) is 23.8 Å². The molecule has 150 valence electrons. The van der Waals surface area contributed by atoms with Crippen LogP contribution >= 0.6 is 0 Å². The summed E-state index contributed by atoms with van der Waals surface area (Å²) in [6, 6.07) is 2.84. The molecule has 0 bridgehead atoms. The Hall–Kier alpha value is -1.85. The smallest absolute Gasteiger partial charge is 0.225 e. The Morgan fingerprint density at radius 1 is 1.15 bits per heavy atom. The van der Waals surface area contributed by atoms with Gasteiger partial charge in [0.1, 0.15) is 5.82 Å². The summed E-state index contributed by atoms with van der Waals surface area (Å²) in [4.78, 5) is 24.4. The van der Waals surface area contributed by atoms with Gasteiger partial charge in [0.25, 0.3) is 0 Å². The lowest BCUT2D eigenvalue weighted by Gasteiger charge is -2.39. The monoisotopic (exact) mass is 373 g/mol. The molecular formula is C21H35N5O. The number of carbonyl (C=O) groups is 1. The molecule has 3 rings (SSSR count). The summed E-state index contributed by atoms with van der Waals surface area (Å²) in [6.07, 6.45) is 8.02. The van der Waals surface area contributed by atoms with Gasteiger partial charge in [-0.25, -0.2) is 4.98 Å². The maximum atomic E-state index is 12.9. The van der Waals surface area contributed by atoms with Crippen molar-refractivity contribution in [1.29, 1.82) is 0 Å².